The molecule has 2 amide bonds. The second-order valence-electron chi connectivity index (χ2n) is 9.64. The number of nitrogens with zero attached hydrogens (tertiary/aromatic N) is 5. The van der Waals surface area contributed by atoms with Crippen molar-refractivity contribution in [3.8, 4) is 0 Å². The van der Waals surface area contributed by atoms with E-state index >= 15 is 0 Å². The lowest BCUT2D eigenvalue weighted by Crippen LogP contribution is -2.52. The molecular formula is C26H35N5O3. The first-order valence-electron chi connectivity index (χ1n) is 12.6. The van der Waals surface area contributed by atoms with Gasteiger partial charge in [-0.05, 0) is 38.3 Å². The van der Waals surface area contributed by atoms with Gasteiger partial charge in [0.25, 0.3) is 5.91 Å². The fourth-order valence-corrected chi connectivity index (χ4v) is 5.32. The summed E-state index contributed by atoms with van der Waals surface area (Å²) in [5.41, 5.74) is 1.55. The number of piperazine rings is 1. The predicted octanol–water partition coefficient (Wildman–Crippen LogP) is 2.23. The van der Waals surface area contributed by atoms with Gasteiger partial charge in [0.15, 0.2) is 0 Å². The Morgan fingerprint density at radius 3 is 2.53 bits per heavy atom. The number of rotatable bonds is 4. The third-order valence-electron chi connectivity index (χ3n) is 7.41. The average molecular weight is 466 g/mol. The molecule has 3 aliphatic heterocycles. The molecule has 3 aliphatic rings. The lowest BCUT2D eigenvalue weighted by Gasteiger charge is -2.38. The van der Waals surface area contributed by atoms with Crippen molar-refractivity contribution in [2.24, 2.45) is 0 Å². The first-order chi connectivity index (χ1) is 16.6. The summed E-state index contributed by atoms with van der Waals surface area (Å²) in [5, 5.41) is 0.891. The highest BCUT2D eigenvalue weighted by Crippen LogP contribution is 2.26. The second-order valence-corrected chi connectivity index (χ2v) is 9.64. The van der Waals surface area contributed by atoms with Gasteiger partial charge >= 0.3 is 0 Å². The lowest BCUT2D eigenvalue weighted by atomic mass is 10.0. The highest BCUT2D eigenvalue weighted by molar-refractivity contribution is 6.07. The molecule has 0 N–H and O–H groups in total. The number of pyridine rings is 1. The number of para-hydroxylation sites is 1. The van der Waals surface area contributed by atoms with Gasteiger partial charge in [-0.25, -0.2) is 4.98 Å². The molecule has 8 heteroatoms. The number of piperidine rings is 1. The number of aromatic nitrogens is 1. The number of hydrogen-bond acceptors (Lipinski definition) is 6. The van der Waals surface area contributed by atoms with Gasteiger partial charge in [-0.2, -0.15) is 0 Å². The van der Waals surface area contributed by atoms with Gasteiger partial charge in [0.1, 0.15) is 5.82 Å². The first kappa shape index (κ1) is 23.1. The summed E-state index contributed by atoms with van der Waals surface area (Å²) >= 11 is 0. The zero-order valence-corrected chi connectivity index (χ0v) is 20.1. The fraction of sp³-hybridized carbons (Fsp3) is 0.577. The summed E-state index contributed by atoms with van der Waals surface area (Å²) in [6.07, 6.45) is 3.44. The third kappa shape index (κ3) is 4.88. The molecule has 1 atom stereocenters. The Labute approximate surface area is 201 Å². The van der Waals surface area contributed by atoms with Crippen LogP contribution in [0.4, 0.5) is 5.82 Å². The van der Waals surface area contributed by atoms with Gasteiger partial charge in [0.2, 0.25) is 5.91 Å². The Balaban J connectivity index is 1.28. The Morgan fingerprint density at radius 1 is 1.00 bits per heavy atom. The summed E-state index contributed by atoms with van der Waals surface area (Å²) in [6, 6.07) is 10.2. The van der Waals surface area contributed by atoms with Crippen molar-refractivity contribution in [3.63, 3.8) is 0 Å². The molecule has 0 aliphatic carbocycles. The molecular weight excluding hydrogens is 430 g/mol. The molecule has 3 fully saturated rings. The van der Waals surface area contributed by atoms with Crippen LogP contribution >= 0.6 is 0 Å². The van der Waals surface area contributed by atoms with Crippen molar-refractivity contribution in [3.05, 3.63) is 35.9 Å². The zero-order valence-electron chi connectivity index (χ0n) is 20.1. The number of benzene rings is 1. The van der Waals surface area contributed by atoms with Crippen LogP contribution in [0, 0.1) is 0 Å². The summed E-state index contributed by atoms with van der Waals surface area (Å²) in [6.45, 7) is 9.15. The van der Waals surface area contributed by atoms with E-state index < -0.39 is 0 Å². The van der Waals surface area contributed by atoms with Crippen LogP contribution in [0.3, 0.4) is 0 Å². The summed E-state index contributed by atoms with van der Waals surface area (Å²) < 4.78 is 5.43. The van der Waals surface area contributed by atoms with Crippen molar-refractivity contribution in [2.45, 2.75) is 32.2 Å². The van der Waals surface area contributed by atoms with E-state index in [2.05, 4.69) is 21.6 Å². The predicted molar refractivity (Wildman–Crippen MR) is 132 cm³/mol. The van der Waals surface area contributed by atoms with Crippen LogP contribution in [0.15, 0.2) is 30.3 Å². The molecule has 34 heavy (non-hydrogen) atoms. The molecule has 0 saturated carbocycles. The molecule has 0 radical (unpaired) electrons. The van der Waals surface area contributed by atoms with E-state index in [1.807, 2.05) is 35.2 Å². The number of carbonyl (C=O) groups excluding carboxylic acids is 2. The number of likely N-dealkylation sites (tertiary alicyclic amines) is 1. The van der Waals surface area contributed by atoms with Crippen LogP contribution in [0.2, 0.25) is 0 Å². The third-order valence-corrected chi connectivity index (χ3v) is 7.41. The van der Waals surface area contributed by atoms with E-state index in [0.29, 0.717) is 44.5 Å². The van der Waals surface area contributed by atoms with Gasteiger partial charge in [-0.1, -0.05) is 18.2 Å². The molecule has 4 heterocycles. The van der Waals surface area contributed by atoms with Crippen LogP contribution in [0.25, 0.3) is 10.9 Å². The van der Waals surface area contributed by atoms with E-state index in [-0.39, 0.29) is 11.8 Å². The Hall–Kier alpha value is -2.71. The van der Waals surface area contributed by atoms with Gasteiger partial charge in [-0.3, -0.25) is 14.5 Å². The van der Waals surface area contributed by atoms with E-state index in [1.54, 1.807) is 0 Å². The minimum atomic E-state index is 0.0445. The molecule has 2 aromatic rings. The van der Waals surface area contributed by atoms with Crippen molar-refractivity contribution in [1.29, 1.82) is 0 Å². The van der Waals surface area contributed by atoms with Gasteiger partial charge in [0, 0.05) is 57.2 Å². The number of morpholine rings is 1. The number of ether oxygens (including phenoxy) is 1. The van der Waals surface area contributed by atoms with Crippen LogP contribution in [-0.2, 0) is 9.53 Å². The minimum absolute atomic E-state index is 0.0445. The molecule has 5 rings (SSSR count). The standard InChI is InChI=1S/C26H35N5O3/c1-20-6-4-5-9-31(20)25(32)19-28-10-12-29(13-11-28)24-18-22(21-7-2-3-8-23(21)27-24)26(33)30-14-16-34-17-15-30/h2-3,7-8,18,20H,4-6,9-17,19H2,1H3. The maximum atomic E-state index is 13.4. The Kier molecular flexibility index (Phi) is 6.97. The molecule has 1 aromatic carbocycles. The van der Waals surface area contributed by atoms with Crippen LogP contribution in [0.5, 0.6) is 0 Å². The topological polar surface area (TPSA) is 69.2 Å². The highest BCUT2D eigenvalue weighted by atomic mass is 16.5. The number of amides is 2. The van der Waals surface area contributed by atoms with Crippen molar-refractivity contribution < 1.29 is 14.3 Å². The summed E-state index contributed by atoms with van der Waals surface area (Å²) in [4.78, 5) is 39.5. The van der Waals surface area contributed by atoms with Gasteiger partial charge in [-0.15, -0.1) is 0 Å². The summed E-state index contributed by atoms with van der Waals surface area (Å²) in [5.74, 6) is 1.14. The maximum Gasteiger partial charge on any atom is 0.254 e. The number of carbonyl (C=O) groups is 2. The van der Waals surface area contributed by atoms with Crippen molar-refractivity contribution >= 4 is 28.5 Å². The number of fused-ring (bicyclic) bond motifs is 1. The van der Waals surface area contributed by atoms with Gasteiger partial charge in [0.05, 0.1) is 30.8 Å². The Morgan fingerprint density at radius 2 is 1.76 bits per heavy atom. The SMILES string of the molecule is CC1CCCCN1C(=O)CN1CCN(c2cc(C(=O)N3CCOCC3)c3ccccc3n2)CC1. The van der Waals surface area contributed by atoms with Crippen LogP contribution in [-0.4, -0.2) is 103 Å². The van der Waals surface area contributed by atoms with Crippen LogP contribution < -0.4 is 4.90 Å². The molecule has 0 bridgehead atoms. The molecule has 1 unspecified atom stereocenters. The lowest BCUT2D eigenvalue weighted by molar-refractivity contribution is -0.135. The zero-order chi connectivity index (χ0) is 23.5. The van der Waals surface area contributed by atoms with Crippen molar-refractivity contribution in [1.82, 2.24) is 19.7 Å². The highest BCUT2D eigenvalue weighted by Gasteiger charge is 2.28. The maximum absolute atomic E-state index is 13.4. The molecule has 0 spiro atoms. The molecule has 182 valence electrons. The van der Waals surface area contributed by atoms with Gasteiger partial charge < -0.3 is 19.4 Å². The minimum Gasteiger partial charge on any atom is -0.378 e. The fourth-order valence-electron chi connectivity index (χ4n) is 5.32. The summed E-state index contributed by atoms with van der Waals surface area (Å²) in [7, 11) is 0. The van der Waals surface area contributed by atoms with E-state index in [9.17, 15) is 9.59 Å². The molecule has 1 aromatic heterocycles. The first-order valence-corrected chi connectivity index (χ1v) is 12.6. The van der Waals surface area contributed by atoms with Crippen LogP contribution in [0.1, 0.15) is 36.5 Å². The smallest absolute Gasteiger partial charge is 0.254 e. The van der Waals surface area contributed by atoms with Crippen molar-refractivity contribution in [2.75, 3.05) is 70.5 Å². The normalized spacial score (nSPS) is 22.3. The molecule has 8 nitrogen and oxygen atoms in total. The van der Waals surface area contributed by atoms with E-state index in [1.165, 1.54) is 6.42 Å². The average Bonchev–Trinajstić information content (AvgIpc) is 2.89. The van der Waals surface area contributed by atoms with E-state index in [0.717, 1.165) is 62.3 Å². The van der Waals surface area contributed by atoms with E-state index in [4.69, 9.17) is 9.72 Å². The molecule has 3 saturated heterocycles. The number of anilines is 1. The monoisotopic (exact) mass is 465 g/mol. The number of hydrogen-bond donors (Lipinski definition) is 0. The second kappa shape index (κ2) is 10.3. The largest absolute Gasteiger partial charge is 0.378 e. The quantitative estimate of drug-likeness (QED) is 0.690. The Bertz CT molecular complexity index is 1030.